The third-order valence-corrected chi connectivity index (χ3v) is 4.59. The summed E-state index contributed by atoms with van der Waals surface area (Å²) in [6.07, 6.45) is 15.6. The lowest BCUT2D eigenvalue weighted by Gasteiger charge is -2.33. The fourth-order valence-electron chi connectivity index (χ4n) is 3.34. The van der Waals surface area contributed by atoms with Crippen LogP contribution in [0.5, 0.6) is 0 Å². The molecule has 0 aromatic carbocycles. The van der Waals surface area contributed by atoms with Gasteiger partial charge in [-0.3, -0.25) is 4.79 Å². The van der Waals surface area contributed by atoms with E-state index in [1.807, 2.05) is 0 Å². The van der Waals surface area contributed by atoms with Gasteiger partial charge in [0, 0.05) is 5.41 Å². The van der Waals surface area contributed by atoms with Gasteiger partial charge in [-0.1, -0.05) is 45.1 Å². The first-order chi connectivity index (χ1) is 8.22. The first-order valence-electron chi connectivity index (χ1n) is 7.46. The fourth-order valence-corrected chi connectivity index (χ4v) is 3.34. The van der Waals surface area contributed by atoms with Crippen molar-refractivity contribution >= 4 is 5.78 Å². The predicted molar refractivity (Wildman–Crippen MR) is 72.0 cm³/mol. The van der Waals surface area contributed by atoms with Crippen molar-refractivity contribution in [1.82, 2.24) is 0 Å². The standard InChI is InChI=1S/C16H26O/c1-16(12-8-5-9-13-16)15(17)14-10-6-3-2-4-7-11-14/h10H,2-9,11-13H2,1H3. The maximum Gasteiger partial charge on any atom is 0.164 e. The Hall–Kier alpha value is -0.590. The highest BCUT2D eigenvalue weighted by atomic mass is 16.1. The average Bonchev–Trinajstić information content (AvgIpc) is 2.29. The number of allylic oxidation sites excluding steroid dienone is 2. The predicted octanol–water partition coefficient (Wildman–Crippen LogP) is 4.81. The summed E-state index contributed by atoms with van der Waals surface area (Å²) in [6.45, 7) is 2.20. The van der Waals surface area contributed by atoms with Crippen LogP contribution in [0.2, 0.25) is 0 Å². The summed E-state index contributed by atoms with van der Waals surface area (Å²) < 4.78 is 0. The van der Waals surface area contributed by atoms with Gasteiger partial charge >= 0.3 is 0 Å². The summed E-state index contributed by atoms with van der Waals surface area (Å²) in [6, 6.07) is 0. The highest BCUT2D eigenvalue weighted by Crippen LogP contribution is 2.39. The van der Waals surface area contributed by atoms with E-state index in [0.29, 0.717) is 5.78 Å². The zero-order chi connectivity index (χ0) is 12.1. The Kier molecular flexibility index (Phi) is 4.42. The van der Waals surface area contributed by atoms with Crippen molar-refractivity contribution in [2.24, 2.45) is 5.41 Å². The molecule has 0 radical (unpaired) electrons. The highest BCUT2D eigenvalue weighted by Gasteiger charge is 2.35. The van der Waals surface area contributed by atoms with Gasteiger partial charge in [-0.15, -0.1) is 0 Å². The molecule has 1 nitrogen and oxygen atoms in total. The van der Waals surface area contributed by atoms with Crippen LogP contribution in [0.3, 0.4) is 0 Å². The van der Waals surface area contributed by atoms with Crippen molar-refractivity contribution in [3.63, 3.8) is 0 Å². The van der Waals surface area contributed by atoms with Gasteiger partial charge in [0.05, 0.1) is 0 Å². The Morgan fingerprint density at radius 1 is 1.00 bits per heavy atom. The molecule has 0 aromatic heterocycles. The third-order valence-electron chi connectivity index (χ3n) is 4.59. The molecule has 0 bridgehead atoms. The van der Waals surface area contributed by atoms with E-state index < -0.39 is 0 Å². The van der Waals surface area contributed by atoms with Crippen LogP contribution in [0, 0.1) is 5.41 Å². The number of ketones is 1. The van der Waals surface area contributed by atoms with E-state index in [9.17, 15) is 4.79 Å². The zero-order valence-electron chi connectivity index (χ0n) is 11.3. The number of Topliss-reactive ketones (excluding diaryl/α,β-unsaturated/α-hetero) is 1. The average molecular weight is 234 g/mol. The van der Waals surface area contributed by atoms with Crippen LogP contribution in [-0.2, 0) is 4.79 Å². The van der Waals surface area contributed by atoms with Gasteiger partial charge in [0.25, 0.3) is 0 Å². The van der Waals surface area contributed by atoms with Crippen LogP contribution < -0.4 is 0 Å². The molecule has 0 atom stereocenters. The van der Waals surface area contributed by atoms with Crippen molar-refractivity contribution in [2.45, 2.75) is 77.6 Å². The topological polar surface area (TPSA) is 17.1 Å². The normalized spacial score (nSPS) is 25.6. The fraction of sp³-hybridized carbons (Fsp3) is 0.812. The Labute approximate surface area is 106 Å². The van der Waals surface area contributed by atoms with Crippen LogP contribution in [0.1, 0.15) is 77.6 Å². The SMILES string of the molecule is CC1(C(=O)C2=CCCCCCC2)CCCCC1. The maximum atomic E-state index is 12.7. The zero-order valence-corrected chi connectivity index (χ0v) is 11.3. The summed E-state index contributed by atoms with van der Waals surface area (Å²) in [4.78, 5) is 12.7. The summed E-state index contributed by atoms with van der Waals surface area (Å²) in [5, 5.41) is 0. The minimum atomic E-state index is -0.0245. The van der Waals surface area contributed by atoms with Gasteiger partial charge in [-0.2, -0.15) is 0 Å². The Morgan fingerprint density at radius 3 is 2.41 bits per heavy atom. The van der Waals surface area contributed by atoms with Crippen molar-refractivity contribution in [3.8, 4) is 0 Å². The molecule has 1 fully saturated rings. The smallest absolute Gasteiger partial charge is 0.164 e. The molecule has 1 heteroatoms. The summed E-state index contributed by atoms with van der Waals surface area (Å²) in [5.41, 5.74) is 1.14. The minimum absolute atomic E-state index is 0.0245. The Balaban J connectivity index is 2.06. The molecular weight excluding hydrogens is 208 g/mol. The molecule has 0 N–H and O–H groups in total. The Morgan fingerprint density at radius 2 is 1.65 bits per heavy atom. The van der Waals surface area contributed by atoms with Gasteiger partial charge in [-0.05, 0) is 44.1 Å². The second-order valence-electron chi connectivity index (χ2n) is 6.13. The largest absolute Gasteiger partial charge is 0.294 e. The molecule has 0 aromatic rings. The second kappa shape index (κ2) is 5.84. The van der Waals surface area contributed by atoms with Crippen molar-refractivity contribution in [2.75, 3.05) is 0 Å². The molecule has 2 aliphatic rings. The molecule has 96 valence electrons. The quantitative estimate of drug-likeness (QED) is 0.670. The van der Waals surface area contributed by atoms with E-state index in [4.69, 9.17) is 0 Å². The first kappa shape index (κ1) is 12.9. The Bertz CT molecular complexity index is 295. The molecule has 2 aliphatic carbocycles. The van der Waals surface area contributed by atoms with Gasteiger partial charge in [0.1, 0.15) is 0 Å². The number of rotatable bonds is 2. The molecule has 0 unspecified atom stereocenters. The molecule has 0 saturated heterocycles. The molecule has 0 aliphatic heterocycles. The lowest BCUT2D eigenvalue weighted by molar-refractivity contribution is -0.125. The molecular formula is C16H26O. The van der Waals surface area contributed by atoms with E-state index in [0.717, 1.165) is 31.3 Å². The van der Waals surface area contributed by atoms with Crippen molar-refractivity contribution < 1.29 is 4.79 Å². The summed E-state index contributed by atoms with van der Waals surface area (Å²) >= 11 is 0. The minimum Gasteiger partial charge on any atom is -0.294 e. The second-order valence-corrected chi connectivity index (χ2v) is 6.13. The molecule has 0 amide bonds. The number of carbonyl (C=O) groups is 1. The van der Waals surface area contributed by atoms with Crippen LogP contribution in [-0.4, -0.2) is 5.78 Å². The van der Waals surface area contributed by atoms with Gasteiger partial charge in [0.15, 0.2) is 5.78 Å². The molecule has 2 rings (SSSR count). The van der Waals surface area contributed by atoms with Crippen LogP contribution >= 0.6 is 0 Å². The summed E-state index contributed by atoms with van der Waals surface area (Å²) in [7, 11) is 0. The highest BCUT2D eigenvalue weighted by molar-refractivity contribution is 5.99. The van der Waals surface area contributed by atoms with Crippen molar-refractivity contribution in [3.05, 3.63) is 11.6 Å². The van der Waals surface area contributed by atoms with E-state index in [1.165, 1.54) is 44.9 Å². The number of hydrogen-bond donors (Lipinski definition) is 0. The lowest BCUT2D eigenvalue weighted by Crippen LogP contribution is -2.31. The lowest BCUT2D eigenvalue weighted by atomic mass is 9.70. The van der Waals surface area contributed by atoms with E-state index in [1.54, 1.807) is 0 Å². The molecule has 0 spiro atoms. The van der Waals surface area contributed by atoms with Crippen LogP contribution in [0.4, 0.5) is 0 Å². The van der Waals surface area contributed by atoms with Gasteiger partial charge < -0.3 is 0 Å². The van der Waals surface area contributed by atoms with E-state index in [-0.39, 0.29) is 5.41 Å². The van der Waals surface area contributed by atoms with E-state index >= 15 is 0 Å². The van der Waals surface area contributed by atoms with Crippen molar-refractivity contribution in [1.29, 1.82) is 0 Å². The van der Waals surface area contributed by atoms with Gasteiger partial charge in [-0.25, -0.2) is 0 Å². The number of carbonyl (C=O) groups excluding carboxylic acids is 1. The van der Waals surface area contributed by atoms with Crippen LogP contribution in [0.25, 0.3) is 0 Å². The molecule has 1 saturated carbocycles. The van der Waals surface area contributed by atoms with Crippen LogP contribution in [0.15, 0.2) is 11.6 Å². The molecule has 0 heterocycles. The first-order valence-corrected chi connectivity index (χ1v) is 7.46. The molecule has 17 heavy (non-hydrogen) atoms. The monoisotopic (exact) mass is 234 g/mol. The third kappa shape index (κ3) is 3.20. The van der Waals surface area contributed by atoms with E-state index in [2.05, 4.69) is 13.0 Å². The number of hydrogen-bond acceptors (Lipinski definition) is 1. The van der Waals surface area contributed by atoms with Gasteiger partial charge in [0.2, 0.25) is 0 Å². The maximum absolute atomic E-state index is 12.7. The summed E-state index contributed by atoms with van der Waals surface area (Å²) in [5.74, 6) is 0.485.